The Hall–Kier alpha value is -3.39. The number of nitrogens with one attached hydrogen (secondary N) is 1. The van der Waals surface area contributed by atoms with Gasteiger partial charge in [-0.3, -0.25) is 19.3 Å². The van der Waals surface area contributed by atoms with Crippen LogP contribution in [0.3, 0.4) is 0 Å². The summed E-state index contributed by atoms with van der Waals surface area (Å²) in [5.74, 6) is 0.0518. The number of benzene rings is 2. The fraction of sp³-hybridized carbons (Fsp3) is 0.318. The van der Waals surface area contributed by atoms with Crippen LogP contribution in [0.4, 0.5) is 5.69 Å². The van der Waals surface area contributed by atoms with Gasteiger partial charge in [0.1, 0.15) is 11.5 Å². The maximum Gasteiger partial charge on any atom is 0.262 e. The molecule has 30 heavy (non-hydrogen) atoms. The van der Waals surface area contributed by atoms with Crippen LogP contribution in [0, 0.1) is 0 Å². The molecule has 1 atom stereocenters. The van der Waals surface area contributed by atoms with Crippen LogP contribution in [0.1, 0.15) is 33.6 Å². The normalized spacial score (nSPS) is 17.8. The number of hydrogen-bond acceptors (Lipinski definition) is 6. The number of nitrogens with zero attached hydrogens (tertiary/aromatic N) is 1. The Labute approximate surface area is 173 Å². The summed E-state index contributed by atoms with van der Waals surface area (Å²) in [4.78, 5) is 38.7. The molecule has 0 aromatic heterocycles. The van der Waals surface area contributed by atoms with E-state index in [0.717, 1.165) is 12.8 Å². The van der Waals surface area contributed by atoms with E-state index in [1.807, 2.05) is 0 Å². The molecule has 0 aliphatic carbocycles. The lowest BCUT2D eigenvalue weighted by Crippen LogP contribution is -2.36. The highest BCUT2D eigenvalue weighted by Crippen LogP contribution is 2.27. The first-order valence-corrected chi connectivity index (χ1v) is 9.73. The molecule has 1 fully saturated rings. The summed E-state index contributed by atoms with van der Waals surface area (Å²) < 4.78 is 16.1. The van der Waals surface area contributed by atoms with Gasteiger partial charge in [-0.1, -0.05) is 6.07 Å². The highest BCUT2D eigenvalue weighted by molar-refractivity contribution is 6.21. The minimum Gasteiger partial charge on any atom is -0.497 e. The van der Waals surface area contributed by atoms with Crippen molar-refractivity contribution in [2.75, 3.05) is 32.2 Å². The molecule has 4 rings (SSSR count). The number of hydrogen-bond donors (Lipinski definition) is 1. The third-order valence-electron chi connectivity index (χ3n) is 5.08. The van der Waals surface area contributed by atoms with Gasteiger partial charge in [0.05, 0.1) is 30.9 Å². The Balaban J connectivity index is 1.38. The lowest BCUT2D eigenvalue weighted by molar-refractivity contribution is -0.118. The molecule has 3 amide bonds. The van der Waals surface area contributed by atoms with Gasteiger partial charge in [0.2, 0.25) is 0 Å². The summed E-state index contributed by atoms with van der Waals surface area (Å²) >= 11 is 0. The van der Waals surface area contributed by atoms with Crippen LogP contribution in [0.5, 0.6) is 11.5 Å². The largest absolute Gasteiger partial charge is 0.497 e. The van der Waals surface area contributed by atoms with Crippen molar-refractivity contribution >= 4 is 23.4 Å². The zero-order chi connectivity index (χ0) is 21.1. The van der Waals surface area contributed by atoms with Crippen molar-refractivity contribution in [3.63, 3.8) is 0 Å². The summed E-state index contributed by atoms with van der Waals surface area (Å²) in [5, 5.41) is 2.69. The van der Waals surface area contributed by atoms with Gasteiger partial charge in [0, 0.05) is 18.4 Å². The summed E-state index contributed by atoms with van der Waals surface area (Å²) in [6, 6.07) is 11.6. The van der Waals surface area contributed by atoms with E-state index in [0.29, 0.717) is 29.4 Å². The number of carbonyl (C=O) groups is 3. The Bertz CT molecular complexity index is 983. The maximum absolute atomic E-state index is 12.7. The van der Waals surface area contributed by atoms with Crippen molar-refractivity contribution < 1.29 is 28.6 Å². The number of imide groups is 1. The smallest absolute Gasteiger partial charge is 0.262 e. The van der Waals surface area contributed by atoms with E-state index >= 15 is 0 Å². The molecule has 2 aliphatic heterocycles. The first-order valence-electron chi connectivity index (χ1n) is 9.73. The summed E-state index contributed by atoms with van der Waals surface area (Å²) in [6.07, 6.45) is 1.66. The van der Waals surface area contributed by atoms with Crippen LogP contribution >= 0.6 is 0 Å². The zero-order valence-electron chi connectivity index (χ0n) is 16.6. The molecule has 0 bridgehead atoms. The van der Waals surface area contributed by atoms with Crippen molar-refractivity contribution in [3.8, 4) is 11.5 Å². The van der Waals surface area contributed by atoms with Gasteiger partial charge in [0.15, 0.2) is 6.61 Å². The second-order valence-corrected chi connectivity index (χ2v) is 7.13. The summed E-state index contributed by atoms with van der Waals surface area (Å²) in [5.41, 5.74) is 1.04. The number of carbonyl (C=O) groups excluding carboxylic acids is 3. The van der Waals surface area contributed by atoms with Gasteiger partial charge in [0.25, 0.3) is 17.7 Å². The SMILES string of the molecule is COc1cccc(OCC(=O)Nc2ccc3c(c2)C(=O)N(CC2CCCO2)C3=O)c1. The number of amides is 3. The molecule has 8 nitrogen and oxygen atoms in total. The van der Waals surface area contributed by atoms with Crippen LogP contribution in [0.2, 0.25) is 0 Å². The predicted octanol–water partition coefficient (Wildman–Crippen LogP) is 2.49. The van der Waals surface area contributed by atoms with Crippen LogP contribution in [0.15, 0.2) is 42.5 Å². The molecule has 2 heterocycles. The Morgan fingerprint density at radius 3 is 2.70 bits per heavy atom. The van der Waals surface area contributed by atoms with Crippen molar-refractivity contribution in [3.05, 3.63) is 53.6 Å². The van der Waals surface area contributed by atoms with Crippen molar-refractivity contribution in [2.45, 2.75) is 18.9 Å². The second kappa shape index (κ2) is 8.54. The highest BCUT2D eigenvalue weighted by Gasteiger charge is 2.37. The van der Waals surface area contributed by atoms with Crippen LogP contribution in [-0.2, 0) is 9.53 Å². The van der Waals surface area contributed by atoms with E-state index in [-0.39, 0.29) is 42.5 Å². The third-order valence-corrected chi connectivity index (χ3v) is 5.08. The third kappa shape index (κ3) is 4.13. The van der Waals surface area contributed by atoms with E-state index in [2.05, 4.69) is 5.32 Å². The number of anilines is 1. The van der Waals surface area contributed by atoms with E-state index in [9.17, 15) is 14.4 Å². The van der Waals surface area contributed by atoms with Crippen LogP contribution in [-0.4, -0.2) is 55.6 Å². The molecule has 2 aromatic carbocycles. The molecule has 1 saturated heterocycles. The monoisotopic (exact) mass is 410 g/mol. The topological polar surface area (TPSA) is 94.2 Å². The van der Waals surface area contributed by atoms with Crippen molar-refractivity contribution in [2.24, 2.45) is 0 Å². The molecule has 0 spiro atoms. The summed E-state index contributed by atoms with van der Waals surface area (Å²) in [6.45, 7) is 0.701. The highest BCUT2D eigenvalue weighted by atomic mass is 16.5. The molecule has 0 saturated carbocycles. The standard InChI is InChI=1S/C22H22N2O6/c1-28-15-4-2-5-16(11-15)30-13-20(25)23-14-7-8-18-19(10-14)22(27)24(21(18)26)12-17-6-3-9-29-17/h2,4-5,7-8,10-11,17H,3,6,9,12-13H2,1H3,(H,23,25). The number of methoxy groups -OCH3 is 1. The average molecular weight is 410 g/mol. The predicted molar refractivity (Wildman–Crippen MR) is 108 cm³/mol. The van der Waals surface area contributed by atoms with E-state index in [1.165, 1.54) is 11.0 Å². The van der Waals surface area contributed by atoms with Crippen molar-refractivity contribution in [1.29, 1.82) is 0 Å². The molecule has 8 heteroatoms. The molecule has 2 aromatic rings. The van der Waals surface area contributed by atoms with E-state index in [1.54, 1.807) is 43.5 Å². The molecule has 156 valence electrons. The lowest BCUT2D eigenvalue weighted by Gasteiger charge is -2.17. The summed E-state index contributed by atoms with van der Waals surface area (Å²) in [7, 11) is 1.55. The number of ether oxygens (including phenoxy) is 3. The molecule has 1 unspecified atom stereocenters. The molecular formula is C22H22N2O6. The van der Waals surface area contributed by atoms with Gasteiger partial charge >= 0.3 is 0 Å². The second-order valence-electron chi connectivity index (χ2n) is 7.13. The lowest BCUT2D eigenvalue weighted by atomic mass is 10.1. The minimum absolute atomic E-state index is 0.111. The van der Waals surface area contributed by atoms with E-state index in [4.69, 9.17) is 14.2 Å². The van der Waals surface area contributed by atoms with E-state index < -0.39 is 0 Å². The molecular weight excluding hydrogens is 388 g/mol. The minimum atomic E-state index is -0.384. The maximum atomic E-state index is 12.7. The van der Waals surface area contributed by atoms with Gasteiger partial charge < -0.3 is 19.5 Å². The average Bonchev–Trinajstić information content (AvgIpc) is 3.35. The quantitative estimate of drug-likeness (QED) is 0.705. The Kier molecular flexibility index (Phi) is 5.67. The molecule has 0 radical (unpaired) electrons. The van der Waals surface area contributed by atoms with Gasteiger partial charge in [-0.2, -0.15) is 0 Å². The van der Waals surface area contributed by atoms with Gasteiger partial charge in [-0.25, -0.2) is 0 Å². The fourth-order valence-corrected chi connectivity index (χ4v) is 3.56. The fourth-order valence-electron chi connectivity index (χ4n) is 3.56. The van der Waals surface area contributed by atoms with Crippen LogP contribution in [0.25, 0.3) is 0 Å². The number of fused-ring (bicyclic) bond motifs is 1. The van der Waals surface area contributed by atoms with Gasteiger partial charge in [-0.05, 0) is 43.2 Å². The Morgan fingerprint density at radius 1 is 1.13 bits per heavy atom. The first-order chi connectivity index (χ1) is 14.5. The molecule has 1 N–H and O–H groups in total. The Morgan fingerprint density at radius 2 is 1.93 bits per heavy atom. The van der Waals surface area contributed by atoms with Crippen molar-refractivity contribution in [1.82, 2.24) is 4.90 Å². The van der Waals surface area contributed by atoms with Gasteiger partial charge in [-0.15, -0.1) is 0 Å². The zero-order valence-corrected chi connectivity index (χ0v) is 16.6. The number of rotatable bonds is 7. The first kappa shape index (κ1) is 19.9. The van der Waals surface area contributed by atoms with Crippen LogP contribution < -0.4 is 14.8 Å². The molecule has 2 aliphatic rings.